The molecule has 1 saturated heterocycles. The number of halogens is 1. The lowest BCUT2D eigenvalue weighted by Gasteiger charge is -2.26. The van der Waals surface area contributed by atoms with Crippen molar-refractivity contribution in [3.05, 3.63) is 14.7 Å². The number of thiophene rings is 1. The molecule has 0 radical (unpaired) electrons. The van der Waals surface area contributed by atoms with Crippen molar-refractivity contribution in [3.63, 3.8) is 0 Å². The maximum Gasteiger partial charge on any atom is 0.264 e. The van der Waals surface area contributed by atoms with Gasteiger partial charge in [0, 0.05) is 32.2 Å². The number of ether oxygens (including phenoxy) is 1. The van der Waals surface area contributed by atoms with Gasteiger partial charge in [-0.05, 0) is 15.9 Å². The normalized spacial score (nSPS) is 16.2. The van der Waals surface area contributed by atoms with E-state index in [0.717, 1.165) is 40.6 Å². The first-order chi connectivity index (χ1) is 7.72. The number of carbonyl (C=O) groups is 1. The first-order valence-electron chi connectivity index (χ1n) is 5.05. The molecule has 1 aromatic rings. The maximum atomic E-state index is 12.1. The molecule has 0 atom stereocenters. The summed E-state index contributed by atoms with van der Waals surface area (Å²) in [5.74, 6) is 0.819. The Bertz CT molecular complexity index is 388. The van der Waals surface area contributed by atoms with Crippen LogP contribution in [0.15, 0.2) is 9.85 Å². The average Bonchev–Trinajstić information content (AvgIpc) is 2.71. The highest BCUT2D eigenvalue weighted by Crippen LogP contribution is 2.34. The summed E-state index contributed by atoms with van der Waals surface area (Å²) < 4.78 is 6.01. The molecule has 1 aromatic heterocycles. The molecular weight excluding hydrogens is 292 g/mol. The molecule has 1 amide bonds. The van der Waals surface area contributed by atoms with E-state index >= 15 is 0 Å². The topological polar surface area (TPSA) is 41.6 Å². The van der Waals surface area contributed by atoms with Gasteiger partial charge in [-0.3, -0.25) is 4.79 Å². The van der Waals surface area contributed by atoms with Crippen molar-refractivity contribution in [2.75, 3.05) is 33.3 Å². The summed E-state index contributed by atoms with van der Waals surface area (Å²) in [5, 5.41) is 3.22. The minimum absolute atomic E-state index is 0.0931. The number of nitrogens with one attached hydrogen (secondary N) is 1. The highest BCUT2D eigenvalue weighted by atomic mass is 79.9. The van der Waals surface area contributed by atoms with Gasteiger partial charge >= 0.3 is 0 Å². The number of piperazine rings is 1. The second-order valence-electron chi connectivity index (χ2n) is 3.49. The Kier molecular flexibility index (Phi) is 3.83. The summed E-state index contributed by atoms with van der Waals surface area (Å²) in [4.78, 5) is 14.7. The quantitative estimate of drug-likeness (QED) is 0.902. The van der Waals surface area contributed by atoms with Crippen LogP contribution < -0.4 is 10.1 Å². The van der Waals surface area contributed by atoms with Crippen LogP contribution in [0.2, 0.25) is 0 Å². The summed E-state index contributed by atoms with van der Waals surface area (Å²) in [6.45, 7) is 3.29. The smallest absolute Gasteiger partial charge is 0.264 e. The van der Waals surface area contributed by atoms with Crippen molar-refractivity contribution in [2.24, 2.45) is 0 Å². The number of nitrogens with zero attached hydrogens (tertiary/aromatic N) is 1. The number of hydrogen-bond donors (Lipinski definition) is 1. The van der Waals surface area contributed by atoms with Gasteiger partial charge in [-0.15, -0.1) is 11.3 Å². The van der Waals surface area contributed by atoms with Gasteiger partial charge < -0.3 is 15.0 Å². The van der Waals surface area contributed by atoms with E-state index in [1.807, 2.05) is 4.90 Å². The zero-order chi connectivity index (χ0) is 11.5. The lowest BCUT2D eigenvalue weighted by atomic mass is 10.3. The van der Waals surface area contributed by atoms with Crippen LogP contribution in [0.25, 0.3) is 0 Å². The molecule has 1 aliphatic heterocycles. The molecule has 1 aliphatic rings. The van der Waals surface area contributed by atoms with E-state index in [2.05, 4.69) is 21.2 Å². The van der Waals surface area contributed by atoms with Gasteiger partial charge in [0.05, 0.1) is 12.0 Å². The monoisotopic (exact) mass is 304 g/mol. The fourth-order valence-corrected chi connectivity index (χ4v) is 3.24. The fourth-order valence-electron chi connectivity index (χ4n) is 1.62. The third-order valence-electron chi connectivity index (χ3n) is 2.49. The molecular formula is C10H13BrN2O2S. The predicted octanol–water partition coefficient (Wildman–Crippen LogP) is 1.56. The van der Waals surface area contributed by atoms with Crippen molar-refractivity contribution in [1.82, 2.24) is 10.2 Å². The Morgan fingerprint density at radius 2 is 2.25 bits per heavy atom. The summed E-state index contributed by atoms with van der Waals surface area (Å²) in [7, 11) is 1.60. The molecule has 16 heavy (non-hydrogen) atoms. The molecule has 6 heteroatoms. The Hall–Kier alpha value is -0.590. The molecule has 0 aromatic carbocycles. The number of amides is 1. The van der Waals surface area contributed by atoms with Crippen molar-refractivity contribution in [1.29, 1.82) is 0 Å². The summed E-state index contributed by atoms with van der Waals surface area (Å²) in [5.41, 5.74) is 0. The molecule has 0 bridgehead atoms. The maximum absolute atomic E-state index is 12.1. The molecule has 88 valence electrons. The van der Waals surface area contributed by atoms with Crippen molar-refractivity contribution >= 4 is 33.2 Å². The third-order valence-corrected chi connectivity index (χ3v) is 4.26. The highest BCUT2D eigenvalue weighted by molar-refractivity contribution is 9.11. The van der Waals surface area contributed by atoms with Crippen LogP contribution in [0, 0.1) is 0 Å². The van der Waals surface area contributed by atoms with Gasteiger partial charge in [-0.2, -0.15) is 0 Å². The van der Waals surface area contributed by atoms with Crippen molar-refractivity contribution in [3.8, 4) is 5.75 Å². The Labute approximate surface area is 107 Å². The average molecular weight is 305 g/mol. The summed E-state index contributed by atoms with van der Waals surface area (Å²) in [6.07, 6.45) is 0. The number of carbonyl (C=O) groups excluding carboxylic acids is 1. The van der Waals surface area contributed by atoms with Crippen LogP contribution in [0.1, 0.15) is 9.67 Å². The molecule has 2 rings (SSSR count). The van der Waals surface area contributed by atoms with E-state index in [1.165, 1.54) is 11.3 Å². The zero-order valence-electron chi connectivity index (χ0n) is 8.96. The number of hydrogen-bond acceptors (Lipinski definition) is 4. The van der Waals surface area contributed by atoms with E-state index in [1.54, 1.807) is 13.2 Å². The fraction of sp³-hybridized carbons (Fsp3) is 0.500. The van der Waals surface area contributed by atoms with Crippen LogP contribution in [-0.4, -0.2) is 44.1 Å². The lowest BCUT2D eigenvalue weighted by molar-refractivity contribution is 0.0740. The van der Waals surface area contributed by atoms with E-state index in [0.29, 0.717) is 0 Å². The lowest BCUT2D eigenvalue weighted by Crippen LogP contribution is -2.46. The van der Waals surface area contributed by atoms with Gasteiger partial charge in [0.15, 0.2) is 0 Å². The van der Waals surface area contributed by atoms with Gasteiger partial charge in [0.1, 0.15) is 9.54 Å². The predicted molar refractivity (Wildman–Crippen MR) is 67.3 cm³/mol. The zero-order valence-corrected chi connectivity index (χ0v) is 11.4. The van der Waals surface area contributed by atoms with Gasteiger partial charge in [0.2, 0.25) is 0 Å². The van der Waals surface area contributed by atoms with Crippen LogP contribution >= 0.6 is 27.3 Å². The summed E-state index contributed by atoms with van der Waals surface area (Å²) >= 11 is 4.80. The van der Waals surface area contributed by atoms with Crippen molar-refractivity contribution in [2.45, 2.75) is 0 Å². The minimum atomic E-state index is 0.0931. The molecule has 4 nitrogen and oxygen atoms in total. The molecule has 0 saturated carbocycles. The minimum Gasteiger partial charge on any atom is -0.495 e. The van der Waals surface area contributed by atoms with E-state index in [4.69, 9.17) is 4.74 Å². The summed E-state index contributed by atoms with van der Waals surface area (Å²) in [6, 6.07) is 1.79. The van der Waals surface area contributed by atoms with Crippen LogP contribution in [-0.2, 0) is 0 Å². The first-order valence-corrected chi connectivity index (χ1v) is 6.66. The number of methoxy groups -OCH3 is 1. The van der Waals surface area contributed by atoms with Gasteiger partial charge in [-0.1, -0.05) is 0 Å². The van der Waals surface area contributed by atoms with Crippen LogP contribution in [0.5, 0.6) is 5.75 Å². The van der Waals surface area contributed by atoms with Crippen molar-refractivity contribution < 1.29 is 9.53 Å². The van der Waals surface area contributed by atoms with Crippen LogP contribution in [0.3, 0.4) is 0 Å². The van der Waals surface area contributed by atoms with E-state index in [-0.39, 0.29) is 5.91 Å². The molecule has 2 heterocycles. The van der Waals surface area contributed by atoms with Crippen LogP contribution in [0.4, 0.5) is 0 Å². The van der Waals surface area contributed by atoms with Gasteiger partial charge in [0.25, 0.3) is 5.91 Å². The Morgan fingerprint density at radius 3 is 2.81 bits per heavy atom. The second-order valence-corrected chi connectivity index (χ2v) is 5.87. The Balaban J connectivity index is 2.13. The standard InChI is InChI=1S/C10H13BrN2O2S/c1-15-7-6-8(16-9(7)11)10(14)13-4-2-12-3-5-13/h6,12H,2-5H2,1H3. The molecule has 0 aliphatic carbocycles. The SMILES string of the molecule is COc1cc(C(=O)N2CCNCC2)sc1Br. The van der Waals surface area contributed by atoms with E-state index < -0.39 is 0 Å². The van der Waals surface area contributed by atoms with E-state index in [9.17, 15) is 4.79 Å². The number of rotatable bonds is 2. The largest absolute Gasteiger partial charge is 0.495 e. The molecule has 1 fully saturated rings. The Morgan fingerprint density at radius 1 is 1.56 bits per heavy atom. The molecule has 0 spiro atoms. The second kappa shape index (κ2) is 5.16. The third kappa shape index (κ3) is 2.39. The molecule has 1 N–H and O–H groups in total. The first kappa shape index (κ1) is 11.9. The van der Waals surface area contributed by atoms with Gasteiger partial charge in [-0.25, -0.2) is 0 Å². The highest BCUT2D eigenvalue weighted by Gasteiger charge is 2.21. The molecule has 0 unspecified atom stereocenters.